The first-order chi connectivity index (χ1) is 8.37. The van der Waals surface area contributed by atoms with E-state index in [0.717, 1.165) is 12.8 Å². The van der Waals surface area contributed by atoms with E-state index in [1.807, 2.05) is 20.8 Å². The van der Waals surface area contributed by atoms with Crippen LogP contribution in [-0.4, -0.2) is 23.9 Å². The van der Waals surface area contributed by atoms with Crippen molar-refractivity contribution >= 4 is 11.8 Å². The number of amides is 2. The van der Waals surface area contributed by atoms with Gasteiger partial charge in [0.15, 0.2) is 0 Å². The Bertz CT molecular complexity index is 289. The third-order valence-corrected chi connectivity index (χ3v) is 3.16. The number of hydrogen-bond acceptors (Lipinski definition) is 2. The number of carbonyl (C=O) groups is 2. The minimum Gasteiger partial charge on any atom is -0.350 e. The van der Waals surface area contributed by atoms with Gasteiger partial charge in [-0.15, -0.1) is 0 Å². The van der Waals surface area contributed by atoms with Gasteiger partial charge in [0.25, 0.3) is 0 Å². The Hall–Kier alpha value is -1.06. The molecule has 0 aromatic rings. The van der Waals surface area contributed by atoms with E-state index in [-0.39, 0.29) is 23.9 Å². The van der Waals surface area contributed by atoms with Crippen LogP contribution >= 0.6 is 0 Å². The van der Waals surface area contributed by atoms with Crippen LogP contribution < -0.4 is 10.6 Å². The third kappa shape index (κ3) is 6.62. The molecule has 0 saturated heterocycles. The molecular formula is C14H26N2O2. The monoisotopic (exact) mass is 254 g/mol. The lowest BCUT2D eigenvalue weighted by Crippen LogP contribution is -2.46. The maximum Gasteiger partial charge on any atom is 0.239 e. The second-order valence-corrected chi connectivity index (χ2v) is 6.28. The van der Waals surface area contributed by atoms with Crippen molar-refractivity contribution in [2.24, 2.45) is 5.92 Å². The lowest BCUT2D eigenvalue weighted by atomic mass is 9.87. The molecule has 1 aliphatic carbocycles. The highest BCUT2D eigenvalue weighted by atomic mass is 16.2. The average molecular weight is 254 g/mol. The van der Waals surface area contributed by atoms with Gasteiger partial charge in [-0.05, 0) is 39.5 Å². The van der Waals surface area contributed by atoms with Crippen LogP contribution in [0, 0.1) is 5.92 Å². The summed E-state index contributed by atoms with van der Waals surface area (Å²) in [7, 11) is 0. The SMILES string of the molecule is CC(C)(C)NC(=O)CNC(=O)CC1CCCCC1. The molecule has 4 heteroatoms. The summed E-state index contributed by atoms with van der Waals surface area (Å²) in [5.41, 5.74) is -0.245. The number of hydrogen-bond donors (Lipinski definition) is 2. The molecule has 0 radical (unpaired) electrons. The summed E-state index contributed by atoms with van der Waals surface area (Å²) in [6.07, 6.45) is 6.66. The molecule has 1 saturated carbocycles. The van der Waals surface area contributed by atoms with Gasteiger partial charge in [-0.25, -0.2) is 0 Å². The quantitative estimate of drug-likeness (QED) is 0.806. The topological polar surface area (TPSA) is 58.2 Å². The van der Waals surface area contributed by atoms with Crippen LogP contribution in [0.5, 0.6) is 0 Å². The van der Waals surface area contributed by atoms with Crippen molar-refractivity contribution in [1.29, 1.82) is 0 Å². The summed E-state index contributed by atoms with van der Waals surface area (Å²) >= 11 is 0. The smallest absolute Gasteiger partial charge is 0.239 e. The molecule has 0 aromatic heterocycles. The normalized spacial score (nSPS) is 17.3. The van der Waals surface area contributed by atoms with Crippen molar-refractivity contribution in [2.75, 3.05) is 6.54 Å². The molecule has 0 atom stereocenters. The summed E-state index contributed by atoms with van der Waals surface area (Å²) in [5, 5.41) is 5.53. The Morgan fingerprint density at radius 1 is 1.06 bits per heavy atom. The molecule has 0 spiro atoms. The van der Waals surface area contributed by atoms with Gasteiger partial charge in [0, 0.05) is 12.0 Å². The fraction of sp³-hybridized carbons (Fsp3) is 0.857. The lowest BCUT2D eigenvalue weighted by molar-refractivity contribution is -0.127. The molecule has 2 N–H and O–H groups in total. The van der Waals surface area contributed by atoms with E-state index < -0.39 is 0 Å². The minimum atomic E-state index is -0.245. The molecule has 18 heavy (non-hydrogen) atoms. The highest BCUT2D eigenvalue weighted by Gasteiger charge is 2.18. The van der Waals surface area contributed by atoms with Crippen LogP contribution in [0.4, 0.5) is 0 Å². The van der Waals surface area contributed by atoms with Gasteiger partial charge in [0.2, 0.25) is 11.8 Å². The van der Waals surface area contributed by atoms with Crippen molar-refractivity contribution in [3.05, 3.63) is 0 Å². The van der Waals surface area contributed by atoms with E-state index in [1.165, 1.54) is 19.3 Å². The molecule has 2 amide bonds. The minimum absolute atomic E-state index is 0.00552. The largest absolute Gasteiger partial charge is 0.350 e. The molecule has 0 bridgehead atoms. The summed E-state index contributed by atoms with van der Waals surface area (Å²) in [5.74, 6) is 0.398. The summed E-state index contributed by atoms with van der Waals surface area (Å²) in [6.45, 7) is 5.86. The van der Waals surface area contributed by atoms with Crippen molar-refractivity contribution in [3.8, 4) is 0 Å². The second-order valence-electron chi connectivity index (χ2n) is 6.28. The molecule has 0 heterocycles. The van der Waals surface area contributed by atoms with Gasteiger partial charge >= 0.3 is 0 Å². The van der Waals surface area contributed by atoms with Crippen molar-refractivity contribution in [3.63, 3.8) is 0 Å². The predicted molar refractivity (Wildman–Crippen MR) is 72.1 cm³/mol. The Morgan fingerprint density at radius 3 is 2.22 bits per heavy atom. The van der Waals surface area contributed by atoms with Gasteiger partial charge in [0.1, 0.15) is 0 Å². The van der Waals surface area contributed by atoms with Gasteiger partial charge in [-0.3, -0.25) is 9.59 Å². The molecule has 0 unspecified atom stereocenters. The fourth-order valence-electron chi connectivity index (χ4n) is 2.37. The summed E-state index contributed by atoms with van der Waals surface area (Å²) in [4.78, 5) is 23.2. The zero-order valence-corrected chi connectivity index (χ0v) is 11.8. The molecule has 0 aromatic carbocycles. The molecule has 104 valence electrons. The van der Waals surface area contributed by atoms with Gasteiger partial charge < -0.3 is 10.6 Å². The number of nitrogens with one attached hydrogen (secondary N) is 2. The van der Waals surface area contributed by atoms with Crippen LogP contribution in [-0.2, 0) is 9.59 Å². The van der Waals surface area contributed by atoms with Crippen LogP contribution in [0.1, 0.15) is 59.3 Å². The van der Waals surface area contributed by atoms with Gasteiger partial charge in [0.05, 0.1) is 6.54 Å². The van der Waals surface area contributed by atoms with Crippen LogP contribution in [0.15, 0.2) is 0 Å². The van der Waals surface area contributed by atoms with E-state index in [2.05, 4.69) is 10.6 Å². The van der Waals surface area contributed by atoms with E-state index in [0.29, 0.717) is 12.3 Å². The molecule has 0 aliphatic heterocycles. The van der Waals surface area contributed by atoms with Crippen molar-refractivity contribution in [2.45, 2.75) is 64.8 Å². The van der Waals surface area contributed by atoms with Gasteiger partial charge in [-0.1, -0.05) is 19.3 Å². The number of carbonyl (C=O) groups excluding carboxylic acids is 2. The van der Waals surface area contributed by atoms with Crippen LogP contribution in [0.2, 0.25) is 0 Å². The van der Waals surface area contributed by atoms with E-state index in [1.54, 1.807) is 0 Å². The van der Waals surface area contributed by atoms with Crippen molar-refractivity contribution in [1.82, 2.24) is 10.6 Å². The second kappa shape index (κ2) is 6.76. The molecule has 1 aliphatic rings. The van der Waals surface area contributed by atoms with E-state index in [9.17, 15) is 9.59 Å². The summed E-state index contributed by atoms with van der Waals surface area (Å²) in [6, 6.07) is 0. The summed E-state index contributed by atoms with van der Waals surface area (Å²) < 4.78 is 0. The molecular weight excluding hydrogens is 228 g/mol. The van der Waals surface area contributed by atoms with Gasteiger partial charge in [-0.2, -0.15) is 0 Å². The number of rotatable bonds is 4. The first kappa shape index (κ1) is 15.0. The standard InChI is InChI=1S/C14H26N2O2/c1-14(2,3)16-13(18)10-15-12(17)9-11-7-5-4-6-8-11/h11H,4-10H2,1-3H3,(H,15,17)(H,16,18). The molecule has 1 fully saturated rings. The van der Waals surface area contributed by atoms with Crippen LogP contribution in [0.3, 0.4) is 0 Å². The predicted octanol–water partition coefficient (Wildman–Crippen LogP) is 1.99. The zero-order valence-electron chi connectivity index (χ0n) is 11.8. The third-order valence-electron chi connectivity index (χ3n) is 3.16. The maximum absolute atomic E-state index is 11.7. The van der Waals surface area contributed by atoms with Crippen molar-refractivity contribution < 1.29 is 9.59 Å². The first-order valence-corrected chi connectivity index (χ1v) is 6.94. The lowest BCUT2D eigenvalue weighted by Gasteiger charge is -2.22. The zero-order chi connectivity index (χ0) is 13.6. The van der Waals surface area contributed by atoms with E-state index >= 15 is 0 Å². The molecule has 4 nitrogen and oxygen atoms in total. The maximum atomic E-state index is 11.7. The fourth-order valence-corrected chi connectivity index (χ4v) is 2.37. The Kier molecular flexibility index (Phi) is 5.63. The van der Waals surface area contributed by atoms with Crippen LogP contribution in [0.25, 0.3) is 0 Å². The highest BCUT2D eigenvalue weighted by Crippen LogP contribution is 2.25. The Balaban J connectivity index is 2.18. The van der Waals surface area contributed by atoms with E-state index in [4.69, 9.17) is 0 Å². The Labute approximate surface area is 110 Å². The Morgan fingerprint density at radius 2 is 1.67 bits per heavy atom. The average Bonchev–Trinajstić information content (AvgIpc) is 2.25. The molecule has 1 rings (SSSR count). The first-order valence-electron chi connectivity index (χ1n) is 6.94. The highest BCUT2D eigenvalue weighted by molar-refractivity contribution is 5.85.